The molecule has 2 fully saturated rings. The lowest BCUT2D eigenvalue weighted by Crippen LogP contribution is -2.50. The van der Waals surface area contributed by atoms with Gasteiger partial charge < -0.3 is 15.1 Å². The maximum absolute atomic E-state index is 13.4. The first-order chi connectivity index (χ1) is 14.8. The fourth-order valence-corrected chi connectivity index (χ4v) is 3.90. The third kappa shape index (κ3) is 4.08. The number of nitrogens with one attached hydrogen (secondary N) is 1. The molecule has 162 valence electrons. The van der Waals surface area contributed by atoms with Crippen molar-refractivity contribution in [2.45, 2.75) is 6.92 Å². The predicted octanol–water partition coefficient (Wildman–Crippen LogP) is 2.40. The molecule has 0 saturated carbocycles. The van der Waals surface area contributed by atoms with Crippen molar-refractivity contribution in [2.24, 2.45) is 0 Å². The first-order valence-electron chi connectivity index (χ1n) is 10.0. The molecule has 0 aromatic heterocycles. The van der Waals surface area contributed by atoms with Crippen molar-refractivity contribution in [2.75, 3.05) is 44.2 Å². The monoisotopic (exact) mass is 428 g/mol. The highest BCUT2D eigenvalue weighted by Crippen LogP contribution is 2.24. The fourth-order valence-electron chi connectivity index (χ4n) is 3.90. The summed E-state index contributed by atoms with van der Waals surface area (Å²) in [4.78, 5) is 42.2. The summed E-state index contributed by atoms with van der Waals surface area (Å²) in [6, 6.07) is 8.17. The number of hydrogen-bond acceptors (Lipinski definition) is 3. The molecule has 0 unspecified atom stereocenters. The molecule has 2 heterocycles. The molecule has 2 saturated heterocycles. The van der Waals surface area contributed by atoms with E-state index in [0.717, 1.165) is 23.4 Å². The molecule has 2 aromatic rings. The van der Waals surface area contributed by atoms with Gasteiger partial charge in [-0.25, -0.2) is 13.6 Å². The normalized spacial score (nSPS) is 16.5. The Morgan fingerprint density at radius 3 is 1.94 bits per heavy atom. The standard InChI is InChI=1S/C22H22F2N4O3/c1-14-12-15(3-5-19(14)28-7-6-25-22(28)31)20(29)26-8-10-27(11-9-26)21(30)16-2-4-17(23)18(24)13-16/h2-5,12-13H,6-11H2,1H3,(H,25,31). The van der Waals surface area contributed by atoms with Crippen LogP contribution in [0.15, 0.2) is 36.4 Å². The van der Waals surface area contributed by atoms with Gasteiger partial charge in [-0.15, -0.1) is 0 Å². The third-order valence-electron chi connectivity index (χ3n) is 5.61. The van der Waals surface area contributed by atoms with Gasteiger partial charge in [0.2, 0.25) is 0 Å². The molecule has 2 aliphatic heterocycles. The van der Waals surface area contributed by atoms with E-state index in [1.807, 2.05) is 6.92 Å². The van der Waals surface area contributed by atoms with Gasteiger partial charge in [0.1, 0.15) is 0 Å². The van der Waals surface area contributed by atoms with Crippen molar-refractivity contribution in [1.29, 1.82) is 0 Å². The Labute approximate surface area is 178 Å². The molecule has 0 atom stereocenters. The van der Waals surface area contributed by atoms with Crippen molar-refractivity contribution in [3.63, 3.8) is 0 Å². The minimum absolute atomic E-state index is 0.0795. The number of hydrogen-bond donors (Lipinski definition) is 1. The number of piperazine rings is 1. The zero-order valence-corrected chi connectivity index (χ0v) is 17.0. The predicted molar refractivity (Wildman–Crippen MR) is 110 cm³/mol. The Hall–Kier alpha value is -3.49. The number of carbonyl (C=O) groups is 3. The molecule has 4 rings (SSSR count). The average Bonchev–Trinajstić information content (AvgIpc) is 3.20. The van der Waals surface area contributed by atoms with E-state index in [9.17, 15) is 23.2 Å². The summed E-state index contributed by atoms with van der Waals surface area (Å²) in [5.74, 6) is -2.61. The van der Waals surface area contributed by atoms with Crippen molar-refractivity contribution < 1.29 is 23.2 Å². The molecular formula is C22H22F2N4O3. The minimum Gasteiger partial charge on any atom is -0.336 e. The second kappa shape index (κ2) is 8.33. The van der Waals surface area contributed by atoms with Crippen LogP contribution in [0.25, 0.3) is 0 Å². The summed E-state index contributed by atoms with van der Waals surface area (Å²) in [6.45, 7) is 4.31. The summed E-state index contributed by atoms with van der Waals surface area (Å²) in [7, 11) is 0. The minimum atomic E-state index is -1.06. The van der Waals surface area contributed by atoms with Gasteiger partial charge in [0, 0.05) is 56.1 Å². The van der Waals surface area contributed by atoms with Crippen LogP contribution >= 0.6 is 0 Å². The van der Waals surface area contributed by atoms with Crippen LogP contribution in [0.5, 0.6) is 0 Å². The molecular weight excluding hydrogens is 406 g/mol. The van der Waals surface area contributed by atoms with Gasteiger partial charge in [-0.2, -0.15) is 0 Å². The van der Waals surface area contributed by atoms with Crippen LogP contribution in [0.4, 0.5) is 19.3 Å². The summed E-state index contributed by atoms with van der Waals surface area (Å²) in [5, 5.41) is 2.76. The van der Waals surface area contributed by atoms with Gasteiger partial charge in [0.15, 0.2) is 11.6 Å². The Kier molecular flexibility index (Phi) is 5.58. The van der Waals surface area contributed by atoms with E-state index in [2.05, 4.69) is 5.32 Å². The molecule has 9 heteroatoms. The highest BCUT2D eigenvalue weighted by Gasteiger charge is 2.27. The number of aryl methyl sites for hydroxylation is 1. The van der Waals surface area contributed by atoms with E-state index >= 15 is 0 Å². The first kappa shape index (κ1) is 20.8. The summed E-state index contributed by atoms with van der Waals surface area (Å²) >= 11 is 0. The topological polar surface area (TPSA) is 73.0 Å². The van der Waals surface area contributed by atoms with Gasteiger partial charge in [-0.1, -0.05) is 0 Å². The van der Waals surface area contributed by atoms with Gasteiger partial charge in [0.25, 0.3) is 11.8 Å². The van der Waals surface area contributed by atoms with Crippen LogP contribution in [0, 0.1) is 18.6 Å². The number of nitrogens with zero attached hydrogens (tertiary/aromatic N) is 3. The maximum atomic E-state index is 13.4. The lowest BCUT2D eigenvalue weighted by molar-refractivity contribution is 0.0535. The van der Waals surface area contributed by atoms with Crippen molar-refractivity contribution >= 4 is 23.5 Å². The third-order valence-corrected chi connectivity index (χ3v) is 5.61. The smallest absolute Gasteiger partial charge is 0.322 e. The van der Waals surface area contributed by atoms with E-state index in [1.165, 1.54) is 11.0 Å². The molecule has 4 amide bonds. The number of rotatable bonds is 3. The van der Waals surface area contributed by atoms with Gasteiger partial charge in [0.05, 0.1) is 0 Å². The summed E-state index contributed by atoms with van der Waals surface area (Å²) < 4.78 is 26.5. The number of anilines is 1. The molecule has 0 aliphatic carbocycles. The number of amides is 4. The van der Waals surface area contributed by atoms with Crippen LogP contribution in [0.1, 0.15) is 26.3 Å². The van der Waals surface area contributed by atoms with E-state index in [-0.39, 0.29) is 17.5 Å². The quantitative estimate of drug-likeness (QED) is 0.816. The number of benzene rings is 2. The maximum Gasteiger partial charge on any atom is 0.322 e. The molecule has 1 N–H and O–H groups in total. The lowest BCUT2D eigenvalue weighted by atomic mass is 10.1. The largest absolute Gasteiger partial charge is 0.336 e. The van der Waals surface area contributed by atoms with Gasteiger partial charge >= 0.3 is 6.03 Å². The Morgan fingerprint density at radius 1 is 0.839 bits per heavy atom. The zero-order valence-electron chi connectivity index (χ0n) is 17.0. The van der Waals surface area contributed by atoms with E-state index in [4.69, 9.17) is 0 Å². The first-order valence-corrected chi connectivity index (χ1v) is 10.0. The highest BCUT2D eigenvalue weighted by atomic mass is 19.2. The van der Waals surface area contributed by atoms with Crippen LogP contribution in [0.3, 0.4) is 0 Å². The Morgan fingerprint density at radius 2 is 1.42 bits per heavy atom. The zero-order chi connectivity index (χ0) is 22.1. The SMILES string of the molecule is Cc1cc(C(=O)N2CCN(C(=O)c3ccc(F)c(F)c3)CC2)ccc1N1CCNC1=O. The van der Waals surface area contributed by atoms with Crippen molar-refractivity contribution in [3.8, 4) is 0 Å². The molecule has 0 radical (unpaired) electrons. The van der Waals surface area contributed by atoms with Gasteiger partial charge in [-0.3, -0.25) is 14.5 Å². The Bertz CT molecular complexity index is 1050. The van der Waals surface area contributed by atoms with Crippen LogP contribution in [-0.4, -0.2) is 66.9 Å². The average molecular weight is 428 g/mol. The van der Waals surface area contributed by atoms with Crippen molar-refractivity contribution in [1.82, 2.24) is 15.1 Å². The second-order valence-electron chi connectivity index (χ2n) is 7.60. The highest BCUT2D eigenvalue weighted by molar-refractivity contribution is 5.98. The molecule has 2 aliphatic rings. The Balaban J connectivity index is 1.40. The molecule has 2 aromatic carbocycles. The summed E-state index contributed by atoms with van der Waals surface area (Å²) in [5.41, 5.74) is 2.20. The number of halogens is 2. The fraction of sp³-hybridized carbons (Fsp3) is 0.318. The van der Waals surface area contributed by atoms with E-state index in [1.54, 1.807) is 28.0 Å². The van der Waals surface area contributed by atoms with Crippen LogP contribution < -0.4 is 10.2 Å². The van der Waals surface area contributed by atoms with E-state index in [0.29, 0.717) is 44.8 Å². The van der Waals surface area contributed by atoms with Crippen LogP contribution in [-0.2, 0) is 0 Å². The van der Waals surface area contributed by atoms with Crippen molar-refractivity contribution in [3.05, 3.63) is 64.7 Å². The van der Waals surface area contributed by atoms with Crippen LogP contribution in [0.2, 0.25) is 0 Å². The van der Waals surface area contributed by atoms with Gasteiger partial charge in [-0.05, 0) is 48.9 Å². The molecule has 7 nitrogen and oxygen atoms in total. The number of carbonyl (C=O) groups excluding carboxylic acids is 3. The molecule has 0 bridgehead atoms. The lowest BCUT2D eigenvalue weighted by Gasteiger charge is -2.35. The molecule has 0 spiro atoms. The summed E-state index contributed by atoms with van der Waals surface area (Å²) in [6.07, 6.45) is 0. The number of urea groups is 1. The van der Waals surface area contributed by atoms with E-state index < -0.39 is 17.5 Å². The second-order valence-corrected chi connectivity index (χ2v) is 7.60. The molecule has 31 heavy (non-hydrogen) atoms.